The molecular formula is C14H14BrNO3. The van der Waals surface area contributed by atoms with Crippen LogP contribution in [-0.4, -0.2) is 15.6 Å². The molecule has 0 aliphatic heterocycles. The van der Waals surface area contributed by atoms with Crippen molar-refractivity contribution in [1.29, 1.82) is 0 Å². The van der Waals surface area contributed by atoms with Gasteiger partial charge in [-0.05, 0) is 39.5 Å². The summed E-state index contributed by atoms with van der Waals surface area (Å²) in [5.74, 6) is -0.810. The van der Waals surface area contributed by atoms with Crippen molar-refractivity contribution in [1.82, 2.24) is 4.57 Å². The number of benzene rings is 1. The van der Waals surface area contributed by atoms with E-state index < -0.39 is 5.97 Å². The van der Waals surface area contributed by atoms with Gasteiger partial charge in [0.1, 0.15) is 0 Å². The van der Waals surface area contributed by atoms with Gasteiger partial charge in [0.05, 0.1) is 11.1 Å². The summed E-state index contributed by atoms with van der Waals surface area (Å²) in [6.07, 6.45) is 0. The number of aromatic nitrogens is 1. The van der Waals surface area contributed by atoms with E-state index in [1.54, 1.807) is 7.05 Å². The lowest BCUT2D eigenvalue weighted by atomic mass is 9.99. The van der Waals surface area contributed by atoms with Gasteiger partial charge in [-0.15, -0.1) is 0 Å². The minimum absolute atomic E-state index is 0.0429. The fraction of sp³-hybridized carbons (Fsp3) is 0.286. The van der Waals surface area contributed by atoms with Gasteiger partial charge in [0.2, 0.25) is 0 Å². The monoisotopic (exact) mass is 323 g/mol. The van der Waals surface area contributed by atoms with Crippen LogP contribution in [-0.2, 0) is 7.05 Å². The van der Waals surface area contributed by atoms with Crippen molar-refractivity contribution in [3.8, 4) is 0 Å². The van der Waals surface area contributed by atoms with Gasteiger partial charge < -0.3 is 9.67 Å². The van der Waals surface area contributed by atoms with Gasteiger partial charge in [-0.3, -0.25) is 4.79 Å². The third-order valence-corrected chi connectivity index (χ3v) is 3.81. The molecule has 0 saturated heterocycles. The molecule has 4 nitrogen and oxygen atoms in total. The Balaban J connectivity index is 3.01. The largest absolute Gasteiger partial charge is 0.478 e. The van der Waals surface area contributed by atoms with E-state index in [-0.39, 0.29) is 17.0 Å². The minimum Gasteiger partial charge on any atom is -0.478 e. The normalized spacial score (nSPS) is 11.2. The number of carboxylic acids is 1. The quantitative estimate of drug-likeness (QED) is 0.923. The van der Waals surface area contributed by atoms with Crippen LogP contribution in [0.2, 0.25) is 0 Å². The molecule has 2 rings (SSSR count). The van der Waals surface area contributed by atoms with Crippen LogP contribution in [0.1, 0.15) is 35.7 Å². The fourth-order valence-electron chi connectivity index (χ4n) is 2.08. The molecule has 0 aliphatic carbocycles. The van der Waals surface area contributed by atoms with Gasteiger partial charge in [0, 0.05) is 23.0 Å². The third kappa shape index (κ3) is 2.30. The van der Waals surface area contributed by atoms with Gasteiger partial charge in [-0.2, -0.15) is 0 Å². The predicted octanol–water partition coefficient (Wildman–Crippen LogP) is 3.12. The molecule has 1 aromatic heterocycles. The number of aromatic carboxylic acids is 1. The van der Waals surface area contributed by atoms with Crippen molar-refractivity contribution < 1.29 is 9.90 Å². The van der Waals surface area contributed by atoms with Crippen LogP contribution in [0.15, 0.2) is 27.5 Å². The summed E-state index contributed by atoms with van der Waals surface area (Å²) in [5.41, 5.74) is 1.35. The zero-order valence-corrected chi connectivity index (χ0v) is 12.5. The average Bonchev–Trinajstić information content (AvgIpc) is 2.32. The number of rotatable bonds is 2. The summed E-state index contributed by atoms with van der Waals surface area (Å²) in [6.45, 7) is 4.08. The van der Waals surface area contributed by atoms with Crippen LogP contribution in [0.4, 0.5) is 0 Å². The molecule has 1 heterocycles. The second-order valence-electron chi connectivity index (χ2n) is 4.81. The highest BCUT2D eigenvalue weighted by atomic mass is 79.9. The summed E-state index contributed by atoms with van der Waals surface area (Å²) in [7, 11) is 1.64. The Labute approximate surface area is 118 Å². The number of carbonyl (C=O) groups is 1. The van der Waals surface area contributed by atoms with Gasteiger partial charge in [0.25, 0.3) is 5.56 Å². The van der Waals surface area contributed by atoms with E-state index in [0.29, 0.717) is 10.9 Å². The molecule has 0 amide bonds. The molecule has 0 bridgehead atoms. The Hall–Kier alpha value is -1.62. The van der Waals surface area contributed by atoms with Gasteiger partial charge in [-0.25, -0.2) is 4.79 Å². The number of halogens is 1. The molecule has 100 valence electrons. The first-order valence-electron chi connectivity index (χ1n) is 5.89. The van der Waals surface area contributed by atoms with Crippen molar-refractivity contribution in [3.05, 3.63) is 44.2 Å². The molecule has 19 heavy (non-hydrogen) atoms. The first kappa shape index (κ1) is 13.8. The Morgan fingerprint density at radius 1 is 1.32 bits per heavy atom. The average molecular weight is 324 g/mol. The number of fused-ring (bicyclic) bond motifs is 1. The van der Waals surface area contributed by atoms with Gasteiger partial charge >= 0.3 is 5.97 Å². The number of carboxylic acid groups (broad SMARTS) is 1. The SMILES string of the molecule is CC(C)c1cc(Br)c2c(c1)c(C(=O)O)cc(=O)n2C. The zero-order chi connectivity index (χ0) is 14.3. The lowest BCUT2D eigenvalue weighted by Gasteiger charge is -2.13. The van der Waals surface area contributed by atoms with E-state index >= 15 is 0 Å². The van der Waals surface area contributed by atoms with Crippen molar-refractivity contribution in [3.63, 3.8) is 0 Å². The number of pyridine rings is 1. The first-order valence-corrected chi connectivity index (χ1v) is 6.68. The van der Waals surface area contributed by atoms with Crippen molar-refractivity contribution in [2.45, 2.75) is 19.8 Å². The molecule has 2 aromatic rings. The highest BCUT2D eigenvalue weighted by Crippen LogP contribution is 2.30. The molecule has 0 unspecified atom stereocenters. The maximum Gasteiger partial charge on any atom is 0.336 e. The van der Waals surface area contributed by atoms with Crippen LogP contribution in [0.3, 0.4) is 0 Å². The second-order valence-corrected chi connectivity index (χ2v) is 5.67. The molecule has 0 atom stereocenters. The number of hydrogen-bond acceptors (Lipinski definition) is 2. The molecule has 0 aliphatic rings. The summed E-state index contributed by atoms with van der Waals surface area (Å²) >= 11 is 3.43. The maximum absolute atomic E-state index is 11.8. The van der Waals surface area contributed by atoms with Crippen LogP contribution in [0, 0.1) is 0 Å². The molecule has 5 heteroatoms. The van der Waals surface area contributed by atoms with E-state index in [1.807, 2.05) is 26.0 Å². The van der Waals surface area contributed by atoms with E-state index in [1.165, 1.54) is 10.6 Å². The lowest BCUT2D eigenvalue weighted by molar-refractivity contribution is 0.0699. The van der Waals surface area contributed by atoms with Crippen LogP contribution in [0.5, 0.6) is 0 Å². The van der Waals surface area contributed by atoms with Gasteiger partial charge in [0.15, 0.2) is 0 Å². The Bertz CT molecular complexity index is 732. The summed E-state index contributed by atoms with van der Waals surface area (Å²) in [5, 5.41) is 9.83. The third-order valence-electron chi connectivity index (χ3n) is 3.21. The Kier molecular flexibility index (Phi) is 3.49. The van der Waals surface area contributed by atoms with Gasteiger partial charge in [-0.1, -0.05) is 13.8 Å². The van der Waals surface area contributed by atoms with Crippen LogP contribution >= 0.6 is 15.9 Å². The molecule has 0 spiro atoms. The Morgan fingerprint density at radius 3 is 2.47 bits per heavy atom. The predicted molar refractivity (Wildman–Crippen MR) is 77.9 cm³/mol. The van der Waals surface area contributed by atoms with E-state index in [4.69, 9.17) is 0 Å². The summed E-state index contributed by atoms with van der Waals surface area (Å²) in [6, 6.07) is 4.94. The highest BCUT2D eigenvalue weighted by molar-refractivity contribution is 9.10. The summed E-state index contributed by atoms with van der Waals surface area (Å²) < 4.78 is 2.19. The van der Waals surface area contributed by atoms with E-state index in [0.717, 1.165) is 10.0 Å². The Morgan fingerprint density at radius 2 is 1.95 bits per heavy atom. The topological polar surface area (TPSA) is 59.3 Å². The van der Waals surface area contributed by atoms with Crippen molar-refractivity contribution >= 4 is 32.8 Å². The standard InChI is InChI=1S/C14H14BrNO3/c1-7(2)8-4-9-10(14(18)19)6-12(17)16(3)13(9)11(15)5-8/h4-7H,1-3H3,(H,18,19). The molecule has 0 saturated carbocycles. The maximum atomic E-state index is 11.8. The first-order chi connectivity index (χ1) is 8.82. The van der Waals surface area contributed by atoms with Crippen molar-refractivity contribution in [2.24, 2.45) is 7.05 Å². The fourth-order valence-corrected chi connectivity index (χ4v) is 2.83. The van der Waals surface area contributed by atoms with Crippen molar-refractivity contribution in [2.75, 3.05) is 0 Å². The molecule has 0 radical (unpaired) electrons. The smallest absolute Gasteiger partial charge is 0.336 e. The molecule has 0 fully saturated rings. The van der Waals surface area contributed by atoms with E-state index in [2.05, 4.69) is 15.9 Å². The summed E-state index contributed by atoms with van der Waals surface area (Å²) in [4.78, 5) is 23.1. The molecule has 1 aromatic carbocycles. The second kappa shape index (κ2) is 4.81. The number of hydrogen-bond donors (Lipinski definition) is 1. The molecule has 1 N–H and O–H groups in total. The van der Waals surface area contributed by atoms with E-state index in [9.17, 15) is 14.7 Å². The van der Waals surface area contributed by atoms with Crippen LogP contribution < -0.4 is 5.56 Å². The highest BCUT2D eigenvalue weighted by Gasteiger charge is 2.16. The van der Waals surface area contributed by atoms with Crippen LogP contribution in [0.25, 0.3) is 10.9 Å². The number of nitrogens with zero attached hydrogens (tertiary/aromatic N) is 1. The number of aryl methyl sites for hydroxylation is 1. The minimum atomic E-state index is -1.09. The zero-order valence-electron chi connectivity index (χ0n) is 10.9. The lowest BCUT2D eigenvalue weighted by Crippen LogP contribution is -2.19. The molecular weight excluding hydrogens is 310 g/mol.